The molecule has 0 fully saturated rings. The van der Waals surface area contributed by atoms with E-state index in [1.807, 2.05) is 12.1 Å². The highest BCUT2D eigenvalue weighted by atomic mass is 16.4. The third-order valence-corrected chi connectivity index (χ3v) is 6.99. The molecule has 11 nitrogen and oxygen atoms in total. The van der Waals surface area contributed by atoms with E-state index >= 15 is 0 Å². The number of ketones is 1. The third kappa shape index (κ3) is 10.7. The van der Waals surface area contributed by atoms with Gasteiger partial charge in [0, 0.05) is 12.8 Å². The zero-order chi connectivity index (χ0) is 33.0. The molecule has 3 rings (SSSR count). The average Bonchev–Trinajstić information content (AvgIpc) is 3.01. The molecule has 3 aromatic carbocycles. The highest BCUT2D eigenvalue weighted by molar-refractivity contribution is 6.38. The molecular weight excluding hydrogens is 576 g/mol. The van der Waals surface area contributed by atoms with Crippen molar-refractivity contribution in [3.8, 4) is 0 Å². The van der Waals surface area contributed by atoms with Gasteiger partial charge in [-0.1, -0.05) is 91.0 Å². The van der Waals surface area contributed by atoms with Gasteiger partial charge >= 0.3 is 5.97 Å². The summed E-state index contributed by atoms with van der Waals surface area (Å²) in [6.45, 7) is 3.91. The molecule has 0 spiro atoms. The maximum Gasteiger partial charge on any atom is 0.328 e. The average molecular weight is 615 g/mol. The van der Waals surface area contributed by atoms with Crippen molar-refractivity contribution < 1.29 is 33.9 Å². The first-order chi connectivity index (χ1) is 21.4. The number of benzene rings is 3. The maximum atomic E-state index is 13.3. The van der Waals surface area contributed by atoms with E-state index in [0.717, 1.165) is 11.1 Å². The minimum atomic E-state index is -1.64. The van der Waals surface area contributed by atoms with Crippen molar-refractivity contribution in [2.45, 2.75) is 63.7 Å². The predicted octanol–water partition coefficient (Wildman–Crippen LogP) is 1.74. The van der Waals surface area contributed by atoms with Gasteiger partial charge in [-0.05, 0) is 37.5 Å². The molecule has 236 valence electrons. The van der Waals surface area contributed by atoms with E-state index in [-0.39, 0.29) is 19.3 Å². The van der Waals surface area contributed by atoms with Gasteiger partial charge in [0.2, 0.25) is 23.5 Å². The molecule has 0 aliphatic carbocycles. The van der Waals surface area contributed by atoms with Crippen LogP contribution in [0, 0.1) is 0 Å². The van der Waals surface area contributed by atoms with Crippen LogP contribution in [0.15, 0.2) is 91.0 Å². The Bertz CT molecular complexity index is 1490. The van der Waals surface area contributed by atoms with Crippen LogP contribution in [0.25, 0.3) is 0 Å². The smallest absolute Gasteiger partial charge is 0.328 e. The maximum absolute atomic E-state index is 13.3. The summed E-state index contributed by atoms with van der Waals surface area (Å²) in [5, 5.41) is 19.4. The molecule has 0 heterocycles. The number of rotatable bonds is 15. The van der Waals surface area contributed by atoms with E-state index in [4.69, 9.17) is 0 Å². The first-order valence-electron chi connectivity index (χ1n) is 14.5. The third-order valence-electron chi connectivity index (χ3n) is 6.99. The van der Waals surface area contributed by atoms with Crippen LogP contribution in [0.2, 0.25) is 0 Å². The lowest BCUT2D eigenvalue weighted by atomic mass is 10.0. The quantitative estimate of drug-likeness (QED) is 0.162. The normalized spacial score (nSPS) is 13.0. The number of nitrogens with one attached hydrogen (secondary N) is 4. The van der Waals surface area contributed by atoms with Gasteiger partial charge in [-0.3, -0.25) is 24.0 Å². The molecule has 45 heavy (non-hydrogen) atoms. The number of carboxylic acids is 1. The van der Waals surface area contributed by atoms with E-state index < -0.39 is 59.0 Å². The van der Waals surface area contributed by atoms with Crippen molar-refractivity contribution in [1.82, 2.24) is 21.3 Å². The van der Waals surface area contributed by atoms with Gasteiger partial charge < -0.3 is 26.4 Å². The number of hydrogen-bond acceptors (Lipinski definition) is 6. The number of Topliss-reactive ketones (excluding diaryl/α,β-unsaturated/α-hetero) is 1. The van der Waals surface area contributed by atoms with Crippen LogP contribution in [0.1, 0.15) is 37.5 Å². The summed E-state index contributed by atoms with van der Waals surface area (Å²) in [7, 11) is 0. The van der Waals surface area contributed by atoms with Crippen LogP contribution in [0.3, 0.4) is 0 Å². The number of hydrogen-bond donors (Lipinski definition) is 5. The zero-order valence-corrected chi connectivity index (χ0v) is 25.4. The molecule has 0 bridgehead atoms. The lowest BCUT2D eigenvalue weighted by Crippen LogP contribution is -2.59. The fourth-order valence-corrected chi connectivity index (χ4v) is 4.40. The van der Waals surface area contributed by atoms with Gasteiger partial charge in [0.15, 0.2) is 0 Å². The molecule has 11 heteroatoms. The Morgan fingerprint density at radius 1 is 0.644 bits per heavy atom. The van der Waals surface area contributed by atoms with Crippen LogP contribution in [-0.2, 0) is 48.0 Å². The van der Waals surface area contributed by atoms with Crippen molar-refractivity contribution in [2.75, 3.05) is 0 Å². The highest BCUT2D eigenvalue weighted by Crippen LogP contribution is 2.09. The van der Waals surface area contributed by atoms with E-state index in [0.29, 0.717) is 5.56 Å². The second-order valence-electron chi connectivity index (χ2n) is 11.2. The van der Waals surface area contributed by atoms with Crippen LogP contribution >= 0.6 is 0 Å². The molecule has 0 aromatic heterocycles. The molecule has 0 saturated carbocycles. The zero-order valence-electron chi connectivity index (χ0n) is 25.4. The number of carbonyl (C=O) groups excluding carboxylic acids is 5. The number of carboxylic acid groups (broad SMARTS) is 1. The lowest BCUT2D eigenvalue weighted by molar-refractivity contribution is -0.146. The molecule has 3 unspecified atom stereocenters. The molecule has 0 radical (unpaired) electrons. The Morgan fingerprint density at radius 3 is 1.56 bits per heavy atom. The Labute approximate surface area is 261 Å². The fraction of sp³-hybridized carbons (Fsp3) is 0.294. The minimum absolute atomic E-state index is 0.0191. The molecular formula is C34H38N4O7. The molecule has 4 amide bonds. The molecule has 3 aromatic rings. The van der Waals surface area contributed by atoms with Crippen molar-refractivity contribution in [3.63, 3.8) is 0 Å². The Kier molecular flexibility index (Phi) is 12.1. The number of carbonyl (C=O) groups is 6. The largest absolute Gasteiger partial charge is 0.480 e. The van der Waals surface area contributed by atoms with Gasteiger partial charge in [0.05, 0.1) is 12.5 Å². The monoisotopic (exact) mass is 614 g/mol. The van der Waals surface area contributed by atoms with Crippen LogP contribution in [0.4, 0.5) is 0 Å². The number of amides is 4. The highest BCUT2D eigenvalue weighted by Gasteiger charge is 2.34. The van der Waals surface area contributed by atoms with E-state index in [9.17, 15) is 33.9 Å². The number of aliphatic carboxylic acids is 1. The molecule has 0 saturated heterocycles. The minimum Gasteiger partial charge on any atom is -0.480 e. The van der Waals surface area contributed by atoms with Gasteiger partial charge in [-0.25, -0.2) is 4.79 Å². The van der Waals surface area contributed by atoms with Crippen molar-refractivity contribution in [3.05, 3.63) is 108 Å². The summed E-state index contributed by atoms with van der Waals surface area (Å²) in [5.74, 6) is -5.31. The summed E-state index contributed by atoms with van der Waals surface area (Å²) in [6.07, 6.45) is 0.160. The van der Waals surface area contributed by atoms with Crippen molar-refractivity contribution in [1.29, 1.82) is 0 Å². The first-order valence-corrected chi connectivity index (χ1v) is 14.5. The molecule has 0 aliphatic rings. The van der Waals surface area contributed by atoms with E-state index in [2.05, 4.69) is 21.3 Å². The van der Waals surface area contributed by atoms with E-state index in [1.54, 1.807) is 78.9 Å². The predicted molar refractivity (Wildman–Crippen MR) is 167 cm³/mol. The molecule has 3 atom stereocenters. The summed E-state index contributed by atoms with van der Waals surface area (Å²) in [6, 6.07) is 23.1. The molecule has 0 aliphatic heterocycles. The van der Waals surface area contributed by atoms with Crippen LogP contribution in [-0.4, -0.2) is 64.2 Å². The summed E-state index contributed by atoms with van der Waals surface area (Å²) in [4.78, 5) is 76.9. The van der Waals surface area contributed by atoms with Crippen molar-refractivity contribution >= 4 is 35.4 Å². The van der Waals surface area contributed by atoms with E-state index in [1.165, 1.54) is 20.8 Å². The van der Waals surface area contributed by atoms with Gasteiger partial charge in [-0.2, -0.15) is 0 Å². The Morgan fingerprint density at radius 2 is 1.09 bits per heavy atom. The first kappa shape index (κ1) is 34.2. The van der Waals surface area contributed by atoms with Crippen LogP contribution in [0.5, 0.6) is 0 Å². The van der Waals surface area contributed by atoms with Crippen molar-refractivity contribution in [2.24, 2.45) is 0 Å². The Balaban J connectivity index is 1.71. The van der Waals surface area contributed by atoms with Gasteiger partial charge in [0.25, 0.3) is 5.91 Å². The van der Waals surface area contributed by atoms with Gasteiger partial charge in [0.1, 0.15) is 17.6 Å². The summed E-state index contributed by atoms with van der Waals surface area (Å²) in [5.41, 5.74) is 0.555. The lowest BCUT2D eigenvalue weighted by Gasteiger charge is -2.26. The SMILES string of the molecule is CC(NC(=O)C(Cc1ccccc1)NC(=O)Cc1ccccc1)C(=O)C(=O)NC(Cc1ccccc1)C(=O)NC(C)(C)C(=O)O. The summed E-state index contributed by atoms with van der Waals surface area (Å²) < 4.78 is 0. The standard InChI is InChI=1S/C34H38N4O7/c1-22(29(40)32(43)37-27(20-24-15-9-5-10-16-24)31(42)38-34(2,3)33(44)45)35-30(41)26(19-23-13-7-4-8-14-23)36-28(39)21-25-17-11-6-12-18-25/h4-18,22,26-27H,19-21H2,1-3H3,(H,35,41)(H,36,39)(H,37,43)(H,38,42)(H,44,45). The second-order valence-corrected chi connectivity index (χ2v) is 11.2. The van der Waals surface area contributed by atoms with Gasteiger partial charge in [-0.15, -0.1) is 0 Å². The fourth-order valence-electron chi connectivity index (χ4n) is 4.40. The second kappa shape index (κ2) is 15.9. The topological polar surface area (TPSA) is 171 Å². The Hall–Kier alpha value is -5.32. The summed E-state index contributed by atoms with van der Waals surface area (Å²) >= 11 is 0. The van der Waals surface area contributed by atoms with Crippen LogP contribution < -0.4 is 21.3 Å². The molecule has 5 N–H and O–H groups in total.